The molecule has 0 aliphatic carbocycles. The Hall–Kier alpha value is -1.30. The molecule has 0 N–H and O–H groups in total. The Morgan fingerprint density at radius 1 is 1.21 bits per heavy atom. The van der Waals surface area contributed by atoms with Gasteiger partial charge >= 0.3 is 0 Å². The van der Waals surface area contributed by atoms with Crippen LogP contribution in [0.3, 0.4) is 0 Å². The molecule has 0 unspecified atom stereocenters. The molecular weight excluding hydrogens is 168 g/mol. The zero-order valence-corrected chi connectivity index (χ0v) is 9.35. The highest BCUT2D eigenvalue weighted by molar-refractivity contribution is 5.67. The first kappa shape index (κ1) is 10.8. The maximum absolute atomic E-state index is 4.02. The minimum atomic E-state index is 0.948. The Morgan fingerprint density at radius 2 is 1.86 bits per heavy atom. The van der Waals surface area contributed by atoms with Gasteiger partial charge in [0.25, 0.3) is 0 Å². The topological polar surface area (TPSA) is 0 Å². The Morgan fingerprint density at radius 3 is 2.36 bits per heavy atom. The summed E-state index contributed by atoms with van der Waals surface area (Å²) in [7, 11) is 0. The third-order valence-electron chi connectivity index (χ3n) is 2.28. The molecule has 0 heteroatoms. The zero-order valence-electron chi connectivity index (χ0n) is 9.35. The predicted molar refractivity (Wildman–Crippen MR) is 64.4 cm³/mol. The molecule has 0 amide bonds. The van der Waals surface area contributed by atoms with E-state index in [4.69, 9.17) is 0 Å². The zero-order chi connectivity index (χ0) is 10.7. The molecule has 1 rings (SSSR count). The van der Waals surface area contributed by atoms with Gasteiger partial charge in [-0.3, -0.25) is 0 Å². The highest BCUT2D eigenvalue weighted by Crippen LogP contribution is 2.23. The molecule has 0 aromatic heterocycles. The maximum Gasteiger partial charge on any atom is -0.00664 e. The van der Waals surface area contributed by atoms with Crippen LogP contribution in [0.4, 0.5) is 0 Å². The molecule has 0 heterocycles. The first-order chi connectivity index (χ1) is 6.52. The summed E-state index contributed by atoms with van der Waals surface area (Å²) in [6.07, 6.45) is 0.948. The van der Waals surface area contributed by atoms with E-state index in [1.807, 2.05) is 0 Å². The van der Waals surface area contributed by atoms with E-state index in [1.54, 1.807) is 0 Å². The smallest absolute Gasteiger partial charge is 0.00664 e. The van der Waals surface area contributed by atoms with Crippen LogP contribution in [0.2, 0.25) is 0 Å². The first-order valence-corrected chi connectivity index (χ1v) is 4.91. The van der Waals surface area contributed by atoms with Crippen LogP contribution in [-0.4, -0.2) is 0 Å². The van der Waals surface area contributed by atoms with E-state index >= 15 is 0 Å². The fraction of sp³-hybridized carbons (Fsp3) is 0.286. The highest BCUT2D eigenvalue weighted by Gasteiger charge is 2.05. The lowest BCUT2D eigenvalue weighted by molar-refractivity contribution is 1.13. The fourth-order valence-electron chi connectivity index (χ4n) is 1.81. The molecule has 0 radical (unpaired) electrons. The molecular formula is C14H18. The van der Waals surface area contributed by atoms with Gasteiger partial charge in [-0.25, -0.2) is 0 Å². The number of hydrogen-bond donors (Lipinski definition) is 0. The van der Waals surface area contributed by atoms with Crippen LogP contribution in [-0.2, 0) is 6.42 Å². The normalized spacial score (nSPS) is 9.93. The van der Waals surface area contributed by atoms with Crippen molar-refractivity contribution in [3.8, 4) is 0 Å². The van der Waals surface area contributed by atoms with Crippen molar-refractivity contribution in [3.05, 3.63) is 53.6 Å². The lowest BCUT2D eigenvalue weighted by atomic mass is 9.93. The Balaban J connectivity index is 3.21. The van der Waals surface area contributed by atoms with E-state index in [1.165, 1.54) is 22.3 Å². The highest BCUT2D eigenvalue weighted by atomic mass is 14.1. The van der Waals surface area contributed by atoms with Crippen LogP contribution in [0.15, 0.2) is 36.9 Å². The van der Waals surface area contributed by atoms with Gasteiger partial charge in [-0.15, -0.1) is 0 Å². The van der Waals surface area contributed by atoms with Gasteiger partial charge in [-0.2, -0.15) is 0 Å². The average molecular weight is 186 g/mol. The molecule has 74 valence electrons. The summed E-state index contributed by atoms with van der Waals surface area (Å²) in [4.78, 5) is 0. The second kappa shape index (κ2) is 4.28. The summed E-state index contributed by atoms with van der Waals surface area (Å²) in [6, 6.07) is 6.39. The van der Waals surface area contributed by atoms with Crippen LogP contribution >= 0.6 is 0 Å². The van der Waals surface area contributed by atoms with Gasteiger partial charge in [0.1, 0.15) is 0 Å². The Bertz CT molecular complexity index is 370. The fourth-order valence-corrected chi connectivity index (χ4v) is 1.81. The van der Waals surface area contributed by atoms with Crippen molar-refractivity contribution in [1.29, 1.82) is 0 Å². The molecule has 0 nitrogen and oxygen atoms in total. The van der Waals surface area contributed by atoms with Crippen molar-refractivity contribution < 1.29 is 0 Å². The monoisotopic (exact) mass is 186 g/mol. The molecule has 0 spiro atoms. The summed E-state index contributed by atoms with van der Waals surface area (Å²) in [5.74, 6) is 0. The summed E-state index contributed by atoms with van der Waals surface area (Å²) < 4.78 is 0. The van der Waals surface area contributed by atoms with Gasteiger partial charge in [-0.05, 0) is 43.9 Å². The Kier molecular flexibility index (Phi) is 3.29. The second-order valence-electron chi connectivity index (χ2n) is 4.02. The number of aryl methyl sites for hydroxylation is 1. The average Bonchev–Trinajstić information content (AvgIpc) is 2.01. The predicted octanol–water partition coefficient (Wildman–Crippen LogP) is 4.15. The largest absolute Gasteiger partial charge is 0.0998 e. The summed E-state index contributed by atoms with van der Waals surface area (Å²) >= 11 is 0. The standard InChI is InChI=1S/C14H18/c1-10(2)9-13-8-6-7-12(5)14(13)11(3)4/h6-8H,1,3,9H2,2,4-5H3. The van der Waals surface area contributed by atoms with Gasteiger partial charge in [-0.1, -0.05) is 42.5 Å². The molecule has 0 aliphatic heterocycles. The van der Waals surface area contributed by atoms with Gasteiger partial charge in [0.15, 0.2) is 0 Å². The minimum absolute atomic E-state index is 0.948. The quantitative estimate of drug-likeness (QED) is 0.622. The molecule has 0 saturated heterocycles. The van der Waals surface area contributed by atoms with Gasteiger partial charge in [0.05, 0.1) is 0 Å². The minimum Gasteiger partial charge on any atom is -0.0998 e. The van der Waals surface area contributed by atoms with E-state index in [0.29, 0.717) is 0 Å². The third kappa shape index (κ3) is 2.35. The number of benzene rings is 1. The van der Waals surface area contributed by atoms with Crippen LogP contribution < -0.4 is 0 Å². The van der Waals surface area contributed by atoms with Crippen molar-refractivity contribution in [2.45, 2.75) is 27.2 Å². The molecule has 0 fully saturated rings. The van der Waals surface area contributed by atoms with Gasteiger partial charge < -0.3 is 0 Å². The summed E-state index contributed by atoms with van der Waals surface area (Å²) in [5.41, 5.74) is 6.27. The van der Waals surface area contributed by atoms with Crippen molar-refractivity contribution in [2.24, 2.45) is 0 Å². The molecule has 14 heavy (non-hydrogen) atoms. The summed E-state index contributed by atoms with van der Waals surface area (Å²) in [6.45, 7) is 14.2. The van der Waals surface area contributed by atoms with Crippen molar-refractivity contribution in [1.82, 2.24) is 0 Å². The molecule has 1 aromatic carbocycles. The Labute approximate surface area is 87.0 Å². The second-order valence-corrected chi connectivity index (χ2v) is 4.02. The van der Waals surface area contributed by atoms with Crippen LogP contribution in [0.5, 0.6) is 0 Å². The molecule has 1 aromatic rings. The molecule has 0 saturated carbocycles. The maximum atomic E-state index is 4.02. The van der Waals surface area contributed by atoms with Crippen molar-refractivity contribution >= 4 is 5.57 Å². The van der Waals surface area contributed by atoms with E-state index in [2.05, 4.69) is 52.1 Å². The van der Waals surface area contributed by atoms with Crippen LogP contribution in [0.1, 0.15) is 30.5 Å². The third-order valence-corrected chi connectivity index (χ3v) is 2.28. The lowest BCUT2D eigenvalue weighted by Crippen LogP contribution is -1.95. The molecule has 0 aliphatic rings. The molecule has 0 atom stereocenters. The number of rotatable bonds is 3. The number of allylic oxidation sites excluding steroid dienone is 2. The summed E-state index contributed by atoms with van der Waals surface area (Å²) in [5, 5.41) is 0. The van der Waals surface area contributed by atoms with Gasteiger partial charge in [0.2, 0.25) is 0 Å². The SMILES string of the molecule is C=C(C)Cc1cccc(C)c1C(=C)C. The van der Waals surface area contributed by atoms with Crippen LogP contribution in [0, 0.1) is 6.92 Å². The lowest BCUT2D eigenvalue weighted by Gasteiger charge is -2.12. The van der Waals surface area contributed by atoms with Crippen molar-refractivity contribution in [2.75, 3.05) is 0 Å². The van der Waals surface area contributed by atoms with Crippen LogP contribution in [0.25, 0.3) is 5.57 Å². The van der Waals surface area contributed by atoms with E-state index in [0.717, 1.165) is 12.0 Å². The van der Waals surface area contributed by atoms with E-state index in [-0.39, 0.29) is 0 Å². The molecule has 0 bridgehead atoms. The first-order valence-electron chi connectivity index (χ1n) is 4.91. The number of hydrogen-bond acceptors (Lipinski definition) is 0. The van der Waals surface area contributed by atoms with E-state index in [9.17, 15) is 0 Å². The van der Waals surface area contributed by atoms with E-state index < -0.39 is 0 Å². The van der Waals surface area contributed by atoms with Gasteiger partial charge in [0, 0.05) is 0 Å². The van der Waals surface area contributed by atoms with Crippen molar-refractivity contribution in [3.63, 3.8) is 0 Å².